The average molecular weight is 541 g/mol. The van der Waals surface area contributed by atoms with Crippen molar-refractivity contribution in [3.63, 3.8) is 0 Å². The van der Waals surface area contributed by atoms with E-state index in [1.165, 1.54) is 12.7 Å². The summed E-state index contributed by atoms with van der Waals surface area (Å²) in [6.07, 6.45) is 16.7. The van der Waals surface area contributed by atoms with E-state index in [-0.39, 0.29) is 23.3 Å². The van der Waals surface area contributed by atoms with Gasteiger partial charge < -0.3 is 25.7 Å². The summed E-state index contributed by atoms with van der Waals surface area (Å²) in [5.74, 6) is 3.39. The number of nitrogens with one attached hydrogen (secondary N) is 2. The summed E-state index contributed by atoms with van der Waals surface area (Å²) in [7, 11) is 1.27. The minimum absolute atomic E-state index is 0.0341. The Kier molecular flexibility index (Phi) is 8.46. The van der Waals surface area contributed by atoms with Gasteiger partial charge in [0.15, 0.2) is 6.61 Å². The van der Waals surface area contributed by atoms with Gasteiger partial charge in [0.1, 0.15) is 11.6 Å². The van der Waals surface area contributed by atoms with E-state index in [2.05, 4.69) is 36.3 Å². The second-order valence-corrected chi connectivity index (χ2v) is 12.4. The van der Waals surface area contributed by atoms with Crippen LogP contribution in [0.1, 0.15) is 84.5 Å². The van der Waals surface area contributed by atoms with E-state index in [1.807, 2.05) is 0 Å². The number of amides is 1. The Morgan fingerprint density at radius 1 is 1.26 bits per heavy atom. The maximum absolute atomic E-state index is 12.4. The van der Waals surface area contributed by atoms with Crippen molar-refractivity contribution in [1.82, 2.24) is 5.32 Å². The molecule has 1 amide bonds. The molecule has 3 saturated carbocycles. The molecule has 0 aromatic carbocycles. The lowest BCUT2D eigenvalue weighted by Crippen LogP contribution is -2.54. The fourth-order valence-corrected chi connectivity index (χ4v) is 8.19. The molecule has 0 radical (unpaired) electrons. The molecule has 4 aliphatic carbocycles. The van der Waals surface area contributed by atoms with Gasteiger partial charge in [0, 0.05) is 11.8 Å². The average Bonchev–Trinajstić information content (AvgIpc) is 3.18. The number of ether oxygens (including phenoxy) is 1. The Labute approximate surface area is 231 Å². The minimum atomic E-state index is -0.985. The molecule has 5 N–H and O–H groups in total. The number of aliphatic hydroxyl groups is 1. The first-order valence-electron chi connectivity index (χ1n) is 14.3. The van der Waals surface area contributed by atoms with Gasteiger partial charge in [0.05, 0.1) is 18.7 Å². The minimum Gasteiger partial charge on any atom is -0.467 e. The van der Waals surface area contributed by atoms with Crippen molar-refractivity contribution in [3.05, 3.63) is 11.6 Å². The molecule has 9 nitrogen and oxygen atoms in total. The van der Waals surface area contributed by atoms with Crippen LogP contribution in [0.15, 0.2) is 16.8 Å². The van der Waals surface area contributed by atoms with Gasteiger partial charge in [-0.3, -0.25) is 10.2 Å². The molecule has 0 aromatic heterocycles. The van der Waals surface area contributed by atoms with Crippen LogP contribution in [0.2, 0.25) is 0 Å². The number of oxime groups is 1. The molecule has 39 heavy (non-hydrogen) atoms. The fourth-order valence-electron chi connectivity index (χ4n) is 8.19. The van der Waals surface area contributed by atoms with Crippen LogP contribution in [-0.2, 0) is 19.2 Å². The van der Waals surface area contributed by atoms with Gasteiger partial charge in [-0.25, -0.2) is 4.79 Å². The van der Waals surface area contributed by atoms with Gasteiger partial charge in [-0.05, 0) is 93.5 Å². The number of nitrogens with two attached hydrogens (primary N) is 1. The Hall–Kier alpha value is -2.86. The van der Waals surface area contributed by atoms with Crippen LogP contribution in [0.3, 0.4) is 0 Å². The van der Waals surface area contributed by atoms with E-state index in [1.54, 1.807) is 0 Å². The van der Waals surface area contributed by atoms with Crippen LogP contribution in [-0.4, -0.2) is 53.9 Å². The highest BCUT2D eigenvalue weighted by molar-refractivity contribution is 5.96. The number of allylic oxidation sites excluding steroid dienone is 2. The third-order valence-electron chi connectivity index (χ3n) is 10.5. The molecule has 4 rings (SSSR count). The van der Waals surface area contributed by atoms with Crippen molar-refractivity contribution in [2.75, 3.05) is 13.7 Å². The van der Waals surface area contributed by atoms with Crippen molar-refractivity contribution in [2.24, 2.45) is 39.5 Å². The second kappa shape index (κ2) is 11.3. The zero-order valence-corrected chi connectivity index (χ0v) is 23.6. The smallest absolute Gasteiger partial charge is 0.328 e. The van der Waals surface area contributed by atoms with E-state index >= 15 is 0 Å². The third kappa shape index (κ3) is 5.45. The molecule has 0 spiro atoms. The Morgan fingerprint density at radius 3 is 2.69 bits per heavy atom. The van der Waals surface area contributed by atoms with Gasteiger partial charge in [0.25, 0.3) is 5.91 Å². The fraction of sp³-hybridized carbons (Fsp3) is 0.733. The largest absolute Gasteiger partial charge is 0.467 e. The molecule has 0 aromatic rings. The monoisotopic (exact) mass is 540 g/mol. The first-order valence-corrected chi connectivity index (χ1v) is 14.3. The number of amidine groups is 1. The number of methoxy groups -OCH3 is 1. The molecule has 0 heterocycles. The van der Waals surface area contributed by atoms with Crippen LogP contribution in [0.5, 0.6) is 0 Å². The summed E-state index contributed by atoms with van der Waals surface area (Å²) < 4.78 is 4.78. The molecule has 0 bridgehead atoms. The summed E-state index contributed by atoms with van der Waals surface area (Å²) in [6, 6.07) is -0.820. The summed E-state index contributed by atoms with van der Waals surface area (Å²) in [5.41, 5.74) is 6.54. The van der Waals surface area contributed by atoms with E-state index < -0.39 is 23.5 Å². The summed E-state index contributed by atoms with van der Waals surface area (Å²) >= 11 is 0. The van der Waals surface area contributed by atoms with Crippen LogP contribution in [0.4, 0.5) is 0 Å². The number of terminal acetylenes is 1. The summed E-state index contributed by atoms with van der Waals surface area (Å²) in [6.45, 7) is 4.31. The topological polar surface area (TPSA) is 147 Å². The molecular weight excluding hydrogens is 496 g/mol. The Bertz CT molecular complexity index is 1100. The van der Waals surface area contributed by atoms with Crippen LogP contribution < -0.4 is 11.1 Å². The highest BCUT2D eigenvalue weighted by Crippen LogP contribution is 2.67. The Balaban J connectivity index is 1.35. The van der Waals surface area contributed by atoms with Gasteiger partial charge >= 0.3 is 5.97 Å². The van der Waals surface area contributed by atoms with Gasteiger partial charge in [-0.2, -0.15) is 0 Å². The number of carbonyl (C=O) groups is 2. The number of fused-ring (bicyclic) bond motifs is 5. The maximum atomic E-state index is 12.4. The number of rotatable bonds is 9. The van der Waals surface area contributed by atoms with Crippen molar-refractivity contribution < 1.29 is 24.3 Å². The number of hydrogen-bond donors (Lipinski definition) is 4. The first-order chi connectivity index (χ1) is 18.5. The van der Waals surface area contributed by atoms with Gasteiger partial charge in [0.2, 0.25) is 0 Å². The molecule has 4 aliphatic rings. The third-order valence-corrected chi connectivity index (χ3v) is 10.5. The van der Waals surface area contributed by atoms with Crippen LogP contribution in [0.25, 0.3) is 0 Å². The van der Waals surface area contributed by atoms with Gasteiger partial charge in [-0.15, -0.1) is 6.42 Å². The van der Waals surface area contributed by atoms with E-state index in [4.69, 9.17) is 27.1 Å². The van der Waals surface area contributed by atoms with Crippen molar-refractivity contribution in [3.8, 4) is 12.3 Å². The molecular formula is C30H44N4O5. The lowest BCUT2D eigenvalue weighted by Gasteiger charge is -2.58. The first kappa shape index (κ1) is 29.1. The molecule has 7 atom stereocenters. The van der Waals surface area contributed by atoms with Gasteiger partial charge in [-0.1, -0.05) is 30.5 Å². The van der Waals surface area contributed by atoms with Crippen LogP contribution in [0, 0.1) is 46.3 Å². The molecule has 214 valence electrons. The Morgan fingerprint density at radius 2 is 2.00 bits per heavy atom. The van der Waals surface area contributed by atoms with Crippen molar-refractivity contribution in [1.29, 1.82) is 5.41 Å². The predicted molar refractivity (Wildman–Crippen MR) is 149 cm³/mol. The number of carbonyl (C=O) groups excluding carboxylic acids is 2. The SMILES string of the molecule is C#CC1(O)CCC2C3CCC4=CC(=NOCC(=O)NC(CCCC(=N)N)C(=O)OC)CCC4(C)C3CCC21C. The molecule has 3 fully saturated rings. The molecule has 0 saturated heterocycles. The highest BCUT2D eigenvalue weighted by Gasteiger charge is 2.63. The normalized spacial score (nSPS) is 36.8. The van der Waals surface area contributed by atoms with E-state index in [0.717, 1.165) is 50.7 Å². The van der Waals surface area contributed by atoms with Crippen molar-refractivity contribution in [2.45, 2.75) is 96.1 Å². The van der Waals surface area contributed by atoms with E-state index in [0.29, 0.717) is 43.4 Å². The van der Waals surface area contributed by atoms with Crippen molar-refractivity contribution >= 4 is 23.4 Å². The second-order valence-electron chi connectivity index (χ2n) is 12.4. The molecule has 0 aliphatic heterocycles. The van der Waals surface area contributed by atoms with E-state index in [9.17, 15) is 14.7 Å². The summed E-state index contributed by atoms with van der Waals surface area (Å²) in [5, 5.41) is 25.4. The lowest BCUT2D eigenvalue weighted by molar-refractivity contribution is -0.145. The molecule has 9 heteroatoms. The quantitative estimate of drug-likeness (QED) is 0.116. The number of esters is 1. The lowest BCUT2D eigenvalue weighted by atomic mass is 9.46. The summed E-state index contributed by atoms with van der Waals surface area (Å²) in [4.78, 5) is 29.8. The number of hydrogen-bond acceptors (Lipinski definition) is 7. The molecule has 7 unspecified atom stereocenters. The zero-order chi connectivity index (χ0) is 28.4. The number of nitrogens with zero attached hydrogens (tertiary/aromatic N) is 1. The predicted octanol–water partition coefficient (Wildman–Crippen LogP) is 3.45. The highest BCUT2D eigenvalue weighted by atomic mass is 16.6. The standard InChI is InChI=1S/C30H44N4O5/c1-5-30(37)16-13-23-21-10-9-19-17-20(11-14-28(19,2)22(21)12-15-29(23,30)3)34-39-18-26(35)33-24(27(36)38-4)7-6-8-25(31)32/h1,17,21-24,37H,6-16,18H2,2-4H3,(H3,31,32)(H,33,35). The maximum Gasteiger partial charge on any atom is 0.328 e. The van der Waals surface area contributed by atoms with Crippen LogP contribution >= 0.6 is 0 Å². The zero-order valence-electron chi connectivity index (χ0n) is 23.6.